The molecule has 4 atom stereocenters. The highest BCUT2D eigenvalue weighted by Crippen LogP contribution is 2.48. The predicted octanol–water partition coefficient (Wildman–Crippen LogP) is 4.30. The van der Waals surface area contributed by atoms with E-state index < -0.39 is 0 Å². The zero-order chi connectivity index (χ0) is 14.3. The lowest BCUT2D eigenvalue weighted by molar-refractivity contribution is 0.193. The molecule has 1 aliphatic carbocycles. The lowest BCUT2D eigenvalue weighted by Crippen LogP contribution is -2.31. The van der Waals surface area contributed by atoms with Crippen molar-refractivity contribution in [2.45, 2.75) is 45.6 Å². The van der Waals surface area contributed by atoms with E-state index in [1.54, 1.807) is 12.1 Å². The molecule has 1 aromatic carbocycles. The van der Waals surface area contributed by atoms with E-state index >= 15 is 0 Å². The van der Waals surface area contributed by atoms with Gasteiger partial charge in [-0.3, -0.25) is 0 Å². The second-order valence-electron chi connectivity index (χ2n) is 7.10. The maximum atomic E-state index is 13.2. The van der Waals surface area contributed by atoms with Crippen LogP contribution in [0.4, 0.5) is 4.39 Å². The highest BCUT2D eigenvalue weighted by molar-refractivity contribution is 5.24. The molecule has 20 heavy (non-hydrogen) atoms. The number of nitrogens with zero attached hydrogens (tertiary/aromatic N) is 1. The minimum absolute atomic E-state index is 0.121. The third-order valence-electron chi connectivity index (χ3n) is 5.57. The molecular weight excluding hydrogens is 249 g/mol. The highest BCUT2D eigenvalue weighted by Gasteiger charge is 2.43. The van der Waals surface area contributed by atoms with Crippen LogP contribution in [0.25, 0.3) is 0 Å². The van der Waals surface area contributed by atoms with Crippen LogP contribution in [0, 0.1) is 23.6 Å². The highest BCUT2D eigenvalue weighted by atomic mass is 19.1. The quantitative estimate of drug-likeness (QED) is 0.778. The smallest absolute Gasteiger partial charge is 0.123 e. The standard InChI is InChI=1S/C18H26FN/c1-12(2)20-10-15-5-4-13(3)18(17(15)11-20)14-6-8-16(19)9-7-14/h6-9,12-13,15,17-18H,4-5,10-11H2,1-3H3/t13-,15-,17-,18+/m1/s1. The Morgan fingerprint density at radius 3 is 2.45 bits per heavy atom. The van der Waals surface area contributed by atoms with Crippen LogP contribution in [-0.2, 0) is 0 Å². The summed E-state index contributed by atoms with van der Waals surface area (Å²) in [6.45, 7) is 9.45. The summed E-state index contributed by atoms with van der Waals surface area (Å²) in [5.41, 5.74) is 1.35. The molecule has 1 saturated heterocycles. The summed E-state index contributed by atoms with van der Waals surface area (Å²) in [5.74, 6) is 2.80. The van der Waals surface area contributed by atoms with Crippen molar-refractivity contribution in [3.05, 3.63) is 35.6 Å². The van der Waals surface area contributed by atoms with Crippen LogP contribution < -0.4 is 0 Å². The largest absolute Gasteiger partial charge is 0.300 e. The van der Waals surface area contributed by atoms with Crippen LogP contribution in [0.1, 0.15) is 45.1 Å². The van der Waals surface area contributed by atoms with E-state index in [4.69, 9.17) is 0 Å². The van der Waals surface area contributed by atoms with E-state index in [-0.39, 0.29) is 5.82 Å². The zero-order valence-corrected chi connectivity index (χ0v) is 12.8. The first-order chi connectivity index (χ1) is 9.56. The Balaban J connectivity index is 1.86. The number of fused-ring (bicyclic) bond motifs is 1. The van der Waals surface area contributed by atoms with Crippen molar-refractivity contribution < 1.29 is 4.39 Å². The lowest BCUT2D eigenvalue weighted by Gasteiger charge is -2.38. The third-order valence-corrected chi connectivity index (χ3v) is 5.57. The summed E-state index contributed by atoms with van der Waals surface area (Å²) < 4.78 is 13.2. The van der Waals surface area contributed by atoms with Gasteiger partial charge >= 0.3 is 0 Å². The molecule has 0 amide bonds. The van der Waals surface area contributed by atoms with Crippen molar-refractivity contribution in [1.82, 2.24) is 4.90 Å². The number of hydrogen-bond acceptors (Lipinski definition) is 1. The van der Waals surface area contributed by atoms with Crippen molar-refractivity contribution in [3.8, 4) is 0 Å². The Labute approximate surface area is 122 Å². The Kier molecular flexibility index (Phi) is 3.85. The van der Waals surface area contributed by atoms with E-state index in [0.29, 0.717) is 17.9 Å². The van der Waals surface area contributed by atoms with Crippen molar-refractivity contribution in [2.24, 2.45) is 17.8 Å². The van der Waals surface area contributed by atoms with E-state index in [2.05, 4.69) is 25.7 Å². The van der Waals surface area contributed by atoms with Crippen LogP contribution in [-0.4, -0.2) is 24.0 Å². The van der Waals surface area contributed by atoms with Crippen LogP contribution in [0.5, 0.6) is 0 Å². The molecule has 1 heterocycles. The van der Waals surface area contributed by atoms with Crippen LogP contribution in [0.3, 0.4) is 0 Å². The van der Waals surface area contributed by atoms with Gasteiger partial charge < -0.3 is 4.90 Å². The van der Waals surface area contributed by atoms with Crippen LogP contribution in [0.2, 0.25) is 0 Å². The number of benzene rings is 1. The van der Waals surface area contributed by atoms with E-state index in [1.807, 2.05) is 12.1 Å². The summed E-state index contributed by atoms with van der Waals surface area (Å²) in [6, 6.07) is 7.92. The second kappa shape index (κ2) is 5.48. The molecule has 2 fully saturated rings. The minimum atomic E-state index is -0.121. The average Bonchev–Trinajstić information content (AvgIpc) is 2.84. The molecule has 110 valence electrons. The van der Waals surface area contributed by atoms with Gasteiger partial charge in [-0.15, -0.1) is 0 Å². The lowest BCUT2D eigenvalue weighted by atomic mass is 9.66. The van der Waals surface area contributed by atoms with Gasteiger partial charge in [0, 0.05) is 19.1 Å². The fourth-order valence-corrected chi connectivity index (χ4v) is 4.40. The number of halogens is 1. The maximum Gasteiger partial charge on any atom is 0.123 e. The monoisotopic (exact) mass is 275 g/mol. The molecule has 0 bridgehead atoms. The molecule has 0 N–H and O–H groups in total. The topological polar surface area (TPSA) is 3.24 Å². The van der Waals surface area contributed by atoms with E-state index in [9.17, 15) is 4.39 Å². The van der Waals surface area contributed by atoms with Crippen molar-refractivity contribution >= 4 is 0 Å². The zero-order valence-electron chi connectivity index (χ0n) is 12.8. The van der Waals surface area contributed by atoms with Gasteiger partial charge in [0.15, 0.2) is 0 Å². The van der Waals surface area contributed by atoms with Gasteiger partial charge in [-0.1, -0.05) is 19.1 Å². The molecule has 3 rings (SSSR count). The van der Waals surface area contributed by atoms with Gasteiger partial charge in [-0.2, -0.15) is 0 Å². The SMILES string of the molecule is CC(C)N1C[C@H]2CC[C@@H](C)[C@@H](c3ccc(F)cc3)[C@@H]2C1. The Morgan fingerprint density at radius 1 is 1.10 bits per heavy atom. The Morgan fingerprint density at radius 2 is 1.80 bits per heavy atom. The van der Waals surface area contributed by atoms with Gasteiger partial charge in [0.2, 0.25) is 0 Å². The van der Waals surface area contributed by atoms with Gasteiger partial charge in [0.1, 0.15) is 5.82 Å². The van der Waals surface area contributed by atoms with Gasteiger partial charge in [-0.25, -0.2) is 4.39 Å². The first-order valence-corrected chi connectivity index (χ1v) is 8.05. The summed E-state index contributed by atoms with van der Waals surface area (Å²) in [6.07, 6.45) is 2.68. The average molecular weight is 275 g/mol. The van der Waals surface area contributed by atoms with Gasteiger partial charge in [0.25, 0.3) is 0 Å². The molecule has 1 aromatic rings. The Bertz CT molecular complexity index is 453. The van der Waals surface area contributed by atoms with Crippen molar-refractivity contribution in [1.29, 1.82) is 0 Å². The fraction of sp³-hybridized carbons (Fsp3) is 0.667. The summed E-state index contributed by atoms with van der Waals surface area (Å²) in [5, 5.41) is 0. The van der Waals surface area contributed by atoms with Crippen LogP contribution in [0.15, 0.2) is 24.3 Å². The molecule has 0 spiro atoms. The fourth-order valence-electron chi connectivity index (χ4n) is 4.40. The summed E-state index contributed by atoms with van der Waals surface area (Å²) >= 11 is 0. The maximum absolute atomic E-state index is 13.2. The molecule has 2 heteroatoms. The number of hydrogen-bond donors (Lipinski definition) is 0. The minimum Gasteiger partial charge on any atom is -0.300 e. The van der Waals surface area contributed by atoms with Crippen molar-refractivity contribution in [2.75, 3.05) is 13.1 Å². The van der Waals surface area contributed by atoms with Gasteiger partial charge in [0.05, 0.1) is 0 Å². The van der Waals surface area contributed by atoms with E-state index in [0.717, 1.165) is 11.8 Å². The number of likely N-dealkylation sites (tertiary alicyclic amines) is 1. The molecule has 0 radical (unpaired) electrons. The summed E-state index contributed by atoms with van der Waals surface area (Å²) in [4.78, 5) is 2.63. The molecule has 1 aliphatic heterocycles. The normalized spacial score (nSPS) is 34.5. The molecular formula is C18H26FN. The first kappa shape index (κ1) is 14.1. The third kappa shape index (κ3) is 2.50. The molecule has 2 aliphatic rings. The van der Waals surface area contributed by atoms with E-state index in [1.165, 1.54) is 31.5 Å². The number of rotatable bonds is 2. The van der Waals surface area contributed by atoms with Gasteiger partial charge in [-0.05, 0) is 68.1 Å². The second-order valence-corrected chi connectivity index (χ2v) is 7.10. The van der Waals surface area contributed by atoms with Crippen LogP contribution >= 0.6 is 0 Å². The molecule has 0 unspecified atom stereocenters. The first-order valence-electron chi connectivity index (χ1n) is 8.05. The van der Waals surface area contributed by atoms with Crippen molar-refractivity contribution in [3.63, 3.8) is 0 Å². The summed E-state index contributed by atoms with van der Waals surface area (Å²) in [7, 11) is 0. The Hall–Kier alpha value is -0.890. The molecule has 1 saturated carbocycles. The molecule has 1 nitrogen and oxygen atoms in total. The predicted molar refractivity (Wildman–Crippen MR) is 81.2 cm³/mol. The molecule has 0 aromatic heterocycles.